The highest BCUT2D eigenvalue weighted by molar-refractivity contribution is 7.15. The molecule has 1 saturated heterocycles. The topological polar surface area (TPSA) is 111 Å². The number of aliphatic hydroxyl groups excluding tert-OH is 1. The van der Waals surface area contributed by atoms with Gasteiger partial charge in [-0.1, -0.05) is 29.0 Å². The van der Waals surface area contributed by atoms with Crippen molar-refractivity contribution in [3.8, 4) is 17.2 Å². The molecule has 35 heavy (non-hydrogen) atoms. The predicted octanol–water partition coefficient (Wildman–Crippen LogP) is 4.12. The predicted molar refractivity (Wildman–Crippen MR) is 131 cm³/mol. The molecule has 0 spiro atoms. The number of ketones is 1. The van der Waals surface area contributed by atoms with Gasteiger partial charge in [0.15, 0.2) is 11.5 Å². The second-order valence-corrected chi connectivity index (χ2v) is 9.21. The Kier molecular flexibility index (Phi) is 6.49. The smallest absolute Gasteiger partial charge is 0.301 e. The number of aliphatic hydroxyl groups is 1. The number of anilines is 1. The van der Waals surface area contributed by atoms with Gasteiger partial charge in [0.25, 0.3) is 5.78 Å². The van der Waals surface area contributed by atoms with E-state index in [-0.39, 0.29) is 16.5 Å². The SMILES string of the molecule is COc1cc(C2/C(=C(\O)c3cc(C)ccc3C)C(=O)C(=O)N2c2nnc(C)s2)cc(OC)c1OC. The molecule has 1 amide bonds. The van der Waals surface area contributed by atoms with E-state index in [1.165, 1.54) is 37.6 Å². The highest BCUT2D eigenvalue weighted by Crippen LogP contribution is 2.47. The average Bonchev–Trinajstić information content (AvgIpc) is 3.39. The van der Waals surface area contributed by atoms with Crippen LogP contribution in [0.2, 0.25) is 0 Å². The van der Waals surface area contributed by atoms with Crippen molar-refractivity contribution in [2.75, 3.05) is 26.2 Å². The first-order valence-corrected chi connectivity index (χ1v) is 11.5. The molecule has 0 bridgehead atoms. The van der Waals surface area contributed by atoms with E-state index >= 15 is 0 Å². The number of ether oxygens (including phenoxy) is 3. The van der Waals surface area contributed by atoms with Crippen LogP contribution in [-0.4, -0.2) is 48.3 Å². The minimum atomic E-state index is -1.00. The van der Waals surface area contributed by atoms with Crippen LogP contribution in [0.4, 0.5) is 5.13 Å². The molecule has 1 aliphatic rings. The number of hydrogen-bond donors (Lipinski definition) is 1. The summed E-state index contributed by atoms with van der Waals surface area (Å²) < 4.78 is 16.4. The van der Waals surface area contributed by atoms with Crippen molar-refractivity contribution in [2.24, 2.45) is 0 Å². The van der Waals surface area contributed by atoms with Crippen LogP contribution in [0.3, 0.4) is 0 Å². The van der Waals surface area contributed by atoms with Crippen LogP contribution < -0.4 is 19.1 Å². The first-order chi connectivity index (χ1) is 16.7. The van der Waals surface area contributed by atoms with Crippen LogP contribution in [0, 0.1) is 20.8 Å². The molecule has 1 fully saturated rings. The minimum Gasteiger partial charge on any atom is -0.507 e. The van der Waals surface area contributed by atoms with Crippen molar-refractivity contribution < 1.29 is 28.9 Å². The van der Waals surface area contributed by atoms with Gasteiger partial charge in [0.2, 0.25) is 10.9 Å². The summed E-state index contributed by atoms with van der Waals surface area (Å²) in [6.07, 6.45) is 0. The van der Waals surface area contributed by atoms with Crippen LogP contribution in [0.25, 0.3) is 5.76 Å². The van der Waals surface area contributed by atoms with Gasteiger partial charge in [0.05, 0.1) is 32.9 Å². The van der Waals surface area contributed by atoms with E-state index in [1.54, 1.807) is 25.1 Å². The Morgan fingerprint density at radius 1 is 0.971 bits per heavy atom. The van der Waals surface area contributed by atoms with Gasteiger partial charge in [-0.25, -0.2) is 0 Å². The van der Waals surface area contributed by atoms with Crippen molar-refractivity contribution in [1.29, 1.82) is 0 Å². The number of benzene rings is 2. The number of nitrogens with zero attached hydrogens (tertiary/aromatic N) is 3. The van der Waals surface area contributed by atoms with Crippen LogP contribution >= 0.6 is 11.3 Å². The third kappa shape index (κ3) is 4.10. The molecule has 0 aliphatic carbocycles. The molecule has 2 heterocycles. The molecular weight excluding hydrogens is 470 g/mol. The molecule has 10 heteroatoms. The lowest BCUT2D eigenvalue weighted by molar-refractivity contribution is -0.132. The number of hydrogen-bond acceptors (Lipinski definition) is 9. The Bertz CT molecular complexity index is 1340. The Balaban J connectivity index is 2.04. The van der Waals surface area contributed by atoms with E-state index in [0.717, 1.165) is 11.1 Å². The number of rotatable bonds is 6. The summed E-state index contributed by atoms with van der Waals surface area (Å²) in [7, 11) is 4.43. The number of amides is 1. The monoisotopic (exact) mass is 495 g/mol. The molecular formula is C25H25N3O6S. The highest BCUT2D eigenvalue weighted by atomic mass is 32.1. The van der Waals surface area contributed by atoms with Gasteiger partial charge in [-0.2, -0.15) is 0 Å². The normalized spacial score (nSPS) is 17.1. The Morgan fingerprint density at radius 3 is 2.17 bits per heavy atom. The van der Waals surface area contributed by atoms with Crippen molar-refractivity contribution in [3.05, 3.63) is 63.2 Å². The molecule has 1 unspecified atom stereocenters. The average molecular weight is 496 g/mol. The van der Waals surface area contributed by atoms with Gasteiger partial charge in [0, 0.05) is 5.56 Å². The lowest BCUT2D eigenvalue weighted by Crippen LogP contribution is -2.29. The fourth-order valence-electron chi connectivity index (χ4n) is 4.12. The van der Waals surface area contributed by atoms with Crippen molar-refractivity contribution in [3.63, 3.8) is 0 Å². The van der Waals surface area contributed by atoms with E-state index in [9.17, 15) is 14.7 Å². The summed E-state index contributed by atoms with van der Waals surface area (Å²) in [5, 5.41) is 20.4. The largest absolute Gasteiger partial charge is 0.507 e. The molecule has 1 atom stereocenters. The third-order valence-corrected chi connectivity index (χ3v) is 6.65. The Hall–Kier alpha value is -3.92. The first kappa shape index (κ1) is 24.2. The fraction of sp³-hybridized carbons (Fsp3) is 0.280. The molecule has 1 aliphatic heterocycles. The van der Waals surface area contributed by atoms with Crippen molar-refractivity contribution >= 4 is 33.9 Å². The Morgan fingerprint density at radius 2 is 1.63 bits per heavy atom. The number of carbonyl (C=O) groups excluding carboxylic acids is 2. The van der Waals surface area contributed by atoms with Gasteiger partial charge >= 0.3 is 5.91 Å². The van der Waals surface area contributed by atoms with E-state index < -0.39 is 17.7 Å². The molecule has 0 radical (unpaired) electrons. The third-order valence-electron chi connectivity index (χ3n) is 5.82. The lowest BCUT2D eigenvalue weighted by atomic mass is 9.93. The maximum absolute atomic E-state index is 13.4. The van der Waals surface area contributed by atoms with Crippen LogP contribution in [0.15, 0.2) is 35.9 Å². The molecule has 2 aromatic carbocycles. The summed E-state index contributed by atoms with van der Waals surface area (Å²) >= 11 is 1.17. The summed E-state index contributed by atoms with van der Waals surface area (Å²) in [5.41, 5.74) is 2.53. The van der Waals surface area contributed by atoms with Crippen molar-refractivity contribution in [2.45, 2.75) is 26.8 Å². The second-order valence-electron chi connectivity index (χ2n) is 8.05. The molecule has 9 nitrogen and oxygen atoms in total. The summed E-state index contributed by atoms with van der Waals surface area (Å²) in [5.74, 6) is -0.869. The standard InChI is InChI=1S/C25H25N3O6S/c1-12-7-8-13(2)16(9-12)21(29)19-20(15-10-17(32-4)23(34-6)18(11-15)33-5)28(24(31)22(19)30)25-27-26-14(3)35-25/h7-11,20,29H,1-6H3/b21-19+. The van der Waals surface area contributed by atoms with Gasteiger partial charge < -0.3 is 19.3 Å². The number of Topliss-reactive ketones (excluding diaryl/α,β-unsaturated/α-hetero) is 1. The number of aryl methyl sites for hydroxylation is 3. The highest BCUT2D eigenvalue weighted by Gasteiger charge is 2.49. The molecule has 1 N–H and O–H groups in total. The first-order valence-electron chi connectivity index (χ1n) is 10.7. The zero-order valence-corrected chi connectivity index (χ0v) is 21.0. The maximum atomic E-state index is 13.4. The van der Waals surface area contributed by atoms with Gasteiger partial charge in [0.1, 0.15) is 10.8 Å². The molecule has 4 rings (SSSR count). The maximum Gasteiger partial charge on any atom is 0.301 e. The van der Waals surface area contributed by atoms with Gasteiger partial charge in [-0.05, 0) is 50.1 Å². The summed E-state index contributed by atoms with van der Waals surface area (Å²) in [6, 6.07) is 7.83. The van der Waals surface area contributed by atoms with E-state index in [0.29, 0.717) is 33.4 Å². The Labute approximate surface area is 206 Å². The molecule has 3 aromatic rings. The molecule has 0 saturated carbocycles. The van der Waals surface area contributed by atoms with E-state index in [4.69, 9.17) is 14.2 Å². The quantitative estimate of drug-likeness (QED) is 0.309. The summed E-state index contributed by atoms with van der Waals surface area (Å²) in [6.45, 7) is 5.46. The number of carbonyl (C=O) groups is 2. The zero-order valence-electron chi connectivity index (χ0n) is 20.2. The zero-order chi connectivity index (χ0) is 25.4. The number of methoxy groups -OCH3 is 3. The van der Waals surface area contributed by atoms with Crippen LogP contribution in [0.5, 0.6) is 17.2 Å². The summed E-state index contributed by atoms with van der Waals surface area (Å²) in [4.78, 5) is 27.9. The van der Waals surface area contributed by atoms with E-state index in [1.807, 2.05) is 26.0 Å². The van der Waals surface area contributed by atoms with E-state index in [2.05, 4.69) is 10.2 Å². The minimum absolute atomic E-state index is 0.0640. The molecule has 1 aromatic heterocycles. The second kappa shape index (κ2) is 9.38. The van der Waals surface area contributed by atoms with Crippen LogP contribution in [0.1, 0.15) is 33.3 Å². The van der Waals surface area contributed by atoms with Gasteiger partial charge in [-0.15, -0.1) is 10.2 Å². The fourth-order valence-corrected chi connectivity index (χ4v) is 4.84. The van der Waals surface area contributed by atoms with Gasteiger partial charge in [-0.3, -0.25) is 14.5 Å². The van der Waals surface area contributed by atoms with Crippen molar-refractivity contribution in [1.82, 2.24) is 10.2 Å². The lowest BCUT2D eigenvalue weighted by Gasteiger charge is -2.24. The number of aromatic nitrogens is 2. The molecule has 182 valence electrons. The van der Waals surface area contributed by atoms with Crippen LogP contribution in [-0.2, 0) is 9.59 Å².